The van der Waals surface area contributed by atoms with Gasteiger partial charge in [0, 0.05) is 31.7 Å². The summed E-state index contributed by atoms with van der Waals surface area (Å²) in [7, 11) is 0. The number of likely N-dealkylation sites (tertiary alicyclic amines) is 1. The third-order valence-corrected chi connectivity index (χ3v) is 4.48. The highest BCUT2D eigenvalue weighted by Crippen LogP contribution is 2.31. The Balaban J connectivity index is 1.70. The van der Waals surface area contributed by atoms with E-state index in [2.05, 4.69) is 29.3 Å². The second-order valence-corrected chi connectivity index (χ2v) is 7.53. The van der Waals surface area contributed by atoms with Crippen molar-refractivity contribution in [3.63, 3.8) is 0 Å². The number of aromatic nitrogens is 5. The van der Waals surface area contributed by atoms with Crippen LogP contribution in [0.3, 0.4) is 0 Å². The van der Waals surface area contributed by atoms with E-state index in [1.807, 2.05) is 13.8 Å². The highest BCUT2D eigenvalue weighted by Gasteiger charge is 2.42. The Labute approximate surface area is 147 Å². The number of rotatable bonds is 5. The lowest BCUT2D eigenvalue weighted by atomic mass is 10.00. The van der Waals surface area contributed by atoms with Crippen molar-refractivity contribution in [2.24, 2.45) is 5.92 Å². The zero-order valence-corrected chi connectivity index (χ0v) is 15.3. The molecule has 2 aromatic rings. The van der Waals surface area contributed by atoms with Gasteiger partial charge in [-0.05, 0) is 19.8 Å². The van der Waals surface area contributed by atoms with E-state index in [0.717, 1.165) is 6.54 Å². The Morgan fingerprint density at radius 3 is 2.72 bits per heavy atom. The largest absolute Gasteiger partial charge is 0.381 e. The number of carbonyl (C=O) groups is 1. The molecule has 1 aliphatic heterocycles. The molecule has 3 rings (SSSR count). The molecule has 8 heteroatoms. The first-order valence-corrected chi connectivity index (χ1v) is 8.75. The number of nitrogens with zero attached hydrogens (tertiary/aromatic N) is 6. The molecule has 1 aliphatic rings. The molecule has 2 aromatic heterocycles. The van der Waals surface area contributed by atoms with E-state index in [1.54, 1.807) is 32.9 Å². The Kier molecular flexibility index (Phi) is 4.64. The van der Waals surface area contributed by atoms with Crippen LogP contribution in [-0.2, 0) is 12.1 Å². The van der Waals surface area contributed by atoms with Crippen LogP contribution in [0, 0.1) is 5.92 Å². The molecule has 136 valence electrons. The zero-order chi connectivity index (χ0) is 18.2. The molecule has 3 heterocycles. The number of amides is 1. The summed E-state index contributed by atoms with van der Waals surface area (Å²) in [6, 6.07) is 0.177. The van der Waals surface area contributed by atoms with Crippen LogP contribution in [0.2, 0.25) is 0 Å². The smallest absolute Gasteiger partial charge is 0.257 e. The molecule has 1 saturated heterocycles. The van der Waals surface area contributed by atoms with Crippen molar-refractivity contribution in [2.45, 2.75) is 52.3 Å². The van der Waals surface area contributed by atoms with Crippen molar-refractivity contribution in [2.75, 3.05) is 13.1 Å². The Morgan fingerprint density at radius 2 is 2.08 bits per heavy atom. The van der Waals surface area contributed by atoms with E-state index in [1.165, 1.54) is 0 Å². The maximum Gasteiger partial charge on any atom is 0.257 e. The molecule has 1 N–H and O–H groups in total. The van der Waals surface area contributed by atoms with Crippen molar-refractivity contribution in [1.29, 1.82) is 0 Å². The normalized spacial score (nSPS) is 20.8. The SMILES string of the molecule is CC(C)Cn1cc(C(=O)N2CC[C@@](O)(c3cn(C(C)C)nn3)C2)cn1. The monoisotopic (exact) mass is 346 g/mol. The first-order valence-electron chi connectivity index (χ1n) is 8.75. The van der Waals surface area contributed by atoms with Crippen molar-refractivity contribution >= 4 is 5.91 Å². The average molecular weight is 346 g/mol. The van der Waals surface area contributed by atoms with E-state index in [-0.39, 0.29) is 18.5 Å². The lowest BCUT2D eigenvalue weighted by Gasteiger charge is -2.20. The summed E-state index contributed by atoms with van der Waals surface area (Å²) >= 11 is 0. The van der Waals surface area contributed by atoms with Crippen molar-refractivity contribution in [3.05, 3.63) is 29.8 Å². The van der Waals surface area contributed by atoms with Gasteiger partial charge in [0.1, 0.15) is 11.3 Å². The van der Waals surface area contributed by atoms with Crippen LogP contribution in [0.5, 0.6) is 0 Å². The molecule has 0 spiro atoms. The number of hydrogen-bond acceptors (Lipinski definition) is 5. The standard InChI is InChI=1S/C17H26N6O2/c1-12(2)8-22-9-14(7-18-22)16(24)21-6-5-17(25,11-21)15-10-23(13(3)4)20-19-15/h7,9-10,12-13,25H,5-6,8,11H2,1-4H3/t17-/m0/s1. The van der Waals surface area contributed by atoms with Crippen molar-refractivity contribution in [3.8, 4) is 0 Å². The van der Waals surface area contributed by atoms with Gasteiger partial charge in [-0.25, -0.2) is 4.68 Å². The van der Waals surface area contributed by atoms with Gasteiger partial charge in [-0.3, -0.25) is 9.48 Å². The van der Waals surface area contributed by atoms with Crippen LogP contribution in [0.1, 0.15) is 56.2 Å². The molecule has 25 heavy (non-hydrogen) atoms. The Bertz CT molecular complexity index is 750. The van der Waals surface area contributed by atoms with Gasteiger partial charge in [0.2, 0.25) is 0 Å². The van der Waals surface area contributed by atoms with Gasteiger partial charge in [0.25, 0.3) is 5.91 Å². The molecule has 0 radical (unpaired) electrons. The number of carbonyl (C=O) groups excluding carboxylic acids is 1. The van der Waals surface area contributed by atoms with Crippen LogP contribution in [0.4, 0.5) is 0 Å². The topological polar surface area (TPSA) is 89.1 Å². The van der Waals surface area contributed by atoms with Gasteiger partial charge in [0.15, 0.2) is 0 Å². The van der Waals surface area contributed by atoms with E-state index in [9.17, 15) is 9.90 Å². The molecule has 1 amide bonds. The second kappa shape index (κ2) is 6.59. The summed E-state index contributed by atoms with van der Waals surface area (Å²) in [5, 5.41) is 23.3. The number of aliphatic hydroxyl groups is 1. The first kappa shape index (κ1) is 17.6. The van der Waals surface area contributed by atoms with Gasteiger partial charge in [-0.2, -0.15) is 5.10 Å². The molecule has 0 bridgehead atoms. The summed E-state index contributed by atoms with van der Waals surface area (Å²) in [5.41, 5.74) is -0.0702. The summed E-state index contributed by atoms with van der Waals surface area (Å²) in [4.78, 5) is 14.4. The third kappa shape index (κ3) is 3.58. The summed E-state index contributed by atoms with van der Waals surface area (Å²) in [6.45, 7) is 9.69. The molecular weight excluding hydrogens is 320 g/mol. The molecular formula is C17H26N6O2. The van der Waals surface area contributed by atoms with Gasteiger partial charge >= 0.3 is 0 Å². The van der Waals surface area contributed by atoms with E-state index in [0.29, 0.717) is 30.1 Å². The fraction of sp³-hybridized carbons (Fsp3) is 0.647. The molecule has 1 atom stereocenters. The first-order chi connectivity index (χ1) is 11.8. The predicted molar refractivity (Wildman–Crippen MR) is 91.9 cm³/mol. The summed E-state index contributed by atoms with van der Waals surface area (Å²) in [5.74, 6) is 0.352. The van der Waals surface area contributed by atoms with Crippen LogP contribution in [-0.4, -0.2) is 53.8 Å². The second-order valence-electron chi connectivity index (χ2n) is 7.53. The zero-order valence-electron chi connectivity index (χ0n) is 15.3. The molecule has 8 nitrogen and oxygen atoms in total. The third-order valence-electron chi connectivity index (χ3n) is 4.48. The minimum atomic E-state index is -1.14. The highest BCUT2D eigenvalue weighted by atomic mass is 16.3. The lowest BCUT2D eigenvalue weighted by molar-refractivity contribution is 0.0381. The fourth-order valence-electron chi connectivity index (χ4n) is 3.05. The maximum absolute atomic E-state index is 12.7. The maximum atomic E-state index is 12.7. The minimum absolute atomic E-state index is 0.109. The van der Waals surface area contributed by atoms with Crippen molar-refractivity contribution < 1.29 is 9.90 Å². The van der Waals surface area contributed by atoms with Crippen molar-refractivity contribution in [1.82, 2.24) is 29.7 Å². The van der Waals surface area contributed by atoms with Gasteiger partial charge in [-0.15, -0.1) is 5.10 Å². The number of β-amino-alcohol motifs (C(OH)–C–C–N with tert-alkyl or cyclic N) is 1. The quantitative estimate of drug-likeness (QED) is 0.885. The summed E-state index contributed by atoms with van der Waals surface area (Å²) in [6.07, 6.45) is 5.58. The van der Waals surface area contributed by atoms with E-state index in [4.69, 9.17) is 0 Å². The van der Waals surface area contributed by atoms with Crippen LogP contribution in [0.15, 0.2) is 18.6 Å². The van der Waals surface area contributed by atoms with Gasteiger partial charge in [-0.1, -0.05) is 19.1 Å². The van der Waals surface area contributed by atoms with Crippen LogP contribution in [0.25, 0.3) is 0 Å². The van der Waals surface area contributed by atoms with E-state index >= 15 is 0 Å². The molecule has 0 aliphatic carbocycles. The van der Waals surface area contributed by atoms with E-state index < -0.39 is 5.60 Å². The van der Waals surface area contributed by atoms with Gasteiger partial charge < -0.3 is 10.0 Å². The Morgan fingerprint density at radius 1 is 1.32 bits per heavy atom. The highest BCUT2D eigenvalue weighted by molar-refractivity contribution is 5.94. The minimum Gasteiger partial charge on any atom is -0.381 e. The molecule has 0 unspecified atom stereocenters. The molecule has 1 fully saturated rings. The molecule has 0 aromatic carbocycles. The number of hydrogen-bond donors (Lipinski definition) is 1. The average Bonchev–Trinajstić information content (AvgIpc) is 3.24. The predicted octanol–water partition coefficient (Wildman–Crippen LogP) is 1.45. The molecule has 0 saturated carbocycles. The lowest BCUT2D eigenvalue weighted by Crippen LogP contribution is -2.34. The van der Waals surface area contributed by atoms with Crippen LogP contribution >= 0.6 is 0 Å². The fourth-order valence-corrected chi connectivity index (χ4v) is 3.05. The van der Waals surface area contributed by atoms with Gasteiger partial charge in [0.05, 0.1) is 24.5 Å². The Hall–Kier alpha value is -2.22. The summed E-state index contributed by atoms with van der Waals surface area (Å²) < 4.78 is 3.50. The van der Waals surface area contributed by atoms with Crippen LogP contribution < -0.4 is 0 Å².